The van der Waals surface area contributed by atoms with Crippen molar-refractivity contribution in [1.82, 2.24) is 9.97 Å². The average molecular weight is 302 g/mol. The Morgan fingerprint density at radius 1 is 1.14 bits per heavy atom. The highest BCUT2D eigenvalue weighted by Gasteiger charge is 2.20. The fraction of sp³-hybridized carbons (Fsp3) is 0.412. The van der Waals surface area contributed by atoms with Crippen molar-refractivity contribution in [2.24, 2.45) is 0 Å². The molecular formula is C17H20ClN3. The quantitative estimate of drug-likeness (QED) is 0.830. The molecule has 2 aromatic rings. The highest BCUT2D eigenvalue weighted by molar-refractivity contribution is 6.32. The summed E-state index contributed by atoms with van der Waals surface area (Å²) in [6.45, 7) is 3.96. The Hall–Kier alpha value is -1.61. The van der Waals surface area contributed by atoms with Crippen LogP contribution in [0.4, 0.5) is 5.82 Å². The van der Waals surface area contributed by atoms with Crippen LogP contribution in [0.2, 0.25) is 5.15 Å². The van der Waals surface area contributed by atoms with Crippen molar-refractivity contribution in [3.63, 3.8) is 0 Å². The van der Waals surface area contributed by atoms with Crippen molar-refractivity contribution in [2.45, 2.75) is 45.6 Å². The van der Waals surface area contributed by atoms with E-state index in [-0.39, 0.29) is 0 Å². The Labute approximate surface area is 130 Å². The van der Waals surface area contributed by atoms with Gasteiger partial charge in [-0.1, -0.05) is 54.3 Å². The number of anilines is 1. The van der Waals surface area contributed by atoms with Crippen molar-refractivity contribution >= 4 is 17.4 Å². The molecule has 0 bridgehead atoms. The second kappa shape index (κ2) is 6.02. The number of nitrogens with zero attached hydrogens (tertiary/aromatic N) is 2. The topological polar surface area (TPSA) is 37.8 Å². The van der Waals surface area contributed by atoms with Crippen molar-refractivity contribution in [3.05, 3.63) is 40.8 Å². The average Bonchev–Trinajstić information content (AvgIpc) is 2.91. The first-order chi connectivity index (χ1) is 10.1. The van der Waals surface area contributed by atoms with Gasteiger partial charge in [-0.25, -0.2) is 9.97 Å². The minimum Gasteiger partial charge on any atom is -0.367 e. The van der Waals surface area contributed by atoms with Gasteiger partial charge in [0.05, 0.1) is 5.56 Å². The maximum Gasteiger partial charge on any atom is 0.142 e. The molecule has 1 aliphatic carbocycles. The smallest absolute Gasteiger partial charge is 0.142 e. The van der Waals surface area contributed by atoms with Crippen LogP contribution in [0.25, 0.3) is 11.1 Å². The zero-order chi connectivity index (χ0) is 14.8. The second-order valence-electron chi connectivity index (χ2n) is 5.78. The van der Waals surface area contributed by atoms with Gasteiger partial charge in [0.15, 0.2) is 0 Å². The standard InChI is InChI=1S/C17H20ClN3/c1-11-6-5-7-13(10-11)15-16(18)19-12(2)20-17(15)21-14-8-3-4-9-14/h5-7,10,14H,3-4,8-9H2,1-2H3,(H,19,20,21). The Kier molecular flexibility index (Phi) is 4.11. The summed E-state index contributed by atoms with van der Waals surface area (Å²) in [6, 6.07) is 8.81. The molecule has 1 aliphatic rings. The van der Waals surface area contributed by atoms with E-state index in [4.69, 9.17) is 11.6 Å². The van der Waals surface area contributed by atoms with E-state index in [1.807, 2.05) is 13.0 Å². The highest BCUT2D eigenvalue weighted by atomic mass is 35.5. The fourth-order valence-electron chi connectivity index (χ4n) is 2.96. The van der Waals surface area contributed by atoms with E-state index in [0.29, 0.717) is 17.0 Å². The van der Waals surface area contributed by atoms with Crippen LogP contribution in [-0.4, -0.2) is 16.0 Å². The van der Waals surface area contributed by atoms with Crippen molar-refractivity contribution < 1.29 is 0 Å². The molecule has 0 atom stereocenters. The van der Waals surface area contributed by atoms with Gasteiger partial charge in [0.25, 0.3) is 0 Å². The zero-order valence-corrected chi connectivity index (χ0v) is 13.2. The van der Waals surface area contributed by atoms with Gasteiger partial charge in [-0.3, -0.25) is 0 Å². The summed E-state index contributed by atoms with van der Waals surface area (Å²) in [4.78, 5) is 8.93. The van der Waals surface area contributed by atoms with Gasteiger partial charge in [0.2, 0.25) is 0 Å². The van der Waals surface area contributed by atoms with E-state index in [2.05, 4.69) is 40.4 Å². The lowest BCUT2D eigenvalue weighted by Crippen LogP contribution is -2.17. The number of nitrogens with one attached hydrogen (secondary N) is 1. The molecule has 0 radical (unpaired) electrons. The van der Waals surface area contributed by atoms with E-state index < -0.39 is 0 Å². The Morgan fingerprint density at radius 3 is 2.62 bits per heavy atom. The number of aromatic nitrogens is 2. The lowest BCUT2D eigenvalue weighted by molar-refractivity contribution is 0.749. The predicted molar refractivity (Wildman–Crippen MR) is 87.8 cm³/mol. The molecular weight excluding hydrogens is 282 g/mol. The lowest BCUT2D eigenvalue weighted by atomic mass is 10.0. The summed E-state index contributed by atoms with van der Waals surface area (Å²) in [5.41, 5.74) is 3.19. The molecule has 4 heteroatoms. The van der Waals surface area contributed by atoms with Crippen LogP contribution < -0.4 is 5.32 Å². The number of aryl methyl sites for hydroxylation is 2. The summed E-state index contributed by atoms with van der Waals surface area (Å²) in [7, 11) is 0. The minimum atomic E-state index is 0.499. The third-order valence-electron chi connectivity index (χ3n) is 3.98. The maximum atomic E-state index is 6.42. The third kappa shape index (κ3) is 3.18. The number of benzene rings is 1. The first-order valence-corrected chi connectivity index (χ1v) is 7.89. The predicted octanol–water partition coefficient (Wildman–Crippen LogP) is 4.77. The highest BCUT2D eigenvalue weighted by Crippen LogP contribution is 2.34. The molecule has 0 unspecified atom stereocenters. The largest absolute Gasteiger partial charge is 0.367 e. The Morgan fingerprint density at radius 2 is 1.90 bits per heavy atom. The zero-order valence-electron chi connectivity index (χ0n) is 12.5. The van der Waals surface area contributed by atoms with Gasteiger partial charge in [0, 0.05) is 6.04 Å². The summed E-state index contributed by atoms with van der Waals surface area (Å²) >= 11 is 6.42. The number of halogens is 1. The molecule has 0 amide bonds. The Bertz CT molecular complexity index is 648. The van der Waals surface area contributed by atoms with E-state index in [1.165, 1.54) is 31.2 Å². The van der Waals surface area contributed by atoms with Crippen molar-refractivity contribution in [1.29, 1.82) is 0 Å². The Balaban J connectivity index is 2.04. The van der Waals surface area contributed by atoms with Crippen LogP contribution in [0.3, 0.4) is 0 Å². The van der Waals surface area contributed by atoms with E-state index in [0.717, 1.165) is 16.9 Å². The van der Waals surface area contributed by atoms with Gasteiger partial charge >= 0.3 is 0 Å². The monoisotopic (exact) mass is 301 g/mol. The fourth-order valence-corrected chi connectivity index (χ4v) is 3.28. The first kappa shape index (κ1) is 14.3. The van der Waals surface area contributed by atoms with Crippen LogP contribution in [0, 0.1) is 13.8 Å². The van der Waals surface area contributed by atoms with Gasteiger partial charge in [-0.15, -0.1) is 0 Å². The third-order valence-corrected chi connectivity index (χ3v) is 4.25. The number of hydrogen-bond donors (Lipinski definition) is 1. The molecule has 1 saturated carbocycles. The van der Waals surface area contributed by atoms with Crippen LogP contribution in [0.5, 0.6) is 0 Å². The lowest BCUT2D eigenvalue weighted by Gasteiger charge is -2.17. The van der Waals surface area contributed by atoms with Crippen LogP contribution in [-0.2, 0) is 0 Å². The van der Waals surface area contributed by atoms with Crippen molar-refractivity contribution in [2.75, 3.05) is 5.32 Å². The molecule has 0 aliphatic heterocycles. The second-order valence-corrected chi connectivity index (χ2v) is 6.14. The summed E-state index contributed by atoms with van der Waals surface area (Å²) < 4.78 is 0. The molecule has 110 valence electrons. The summed E-state index contributed by atoms with van der Waals surface area (Å²) in [5.74, 6) is 1.57. The molecule has 1 N–H and O–H groups in total. The SMILES string of the molecule is Cc1cccc(-c2c(Cl)nc(C)nc2NC2CCCC2)c1. The summed E-state index contributed by atoms with van der Waals surface area (Å²) in [5, 5.41) is 4.10. The van der Waals surface area contributed by atoms with Crippen LogP contribution in [0.15, 0.2) is 24.3 Å². The molecule has 1 heterocycles. The first-order valence-electron chi connectivity index (χ1n) is 7.51. The van der Waals surface area contributed by atoms with E-state index >= 15 is 0 Å². The van der Waals surface area contributed by atoms with Gasteiger partial charge < -0.3 is 5.32 Å². The molecule has 1 fully saturated rings. The molecule has 0 saturated heterocycles. The van der Waals surface area contributed by atoms with E-state index in [1.54, 1.807) is 0 Å². The molecule has 1 aromatic heterocycles. The number of hydrogen-bond acceptors (Lipinski definition) is 3. The molecule has 0 spiro atoms. The maximum absolute atomic E-state index is 6.42. The molecule has 3 nitrogen and oxygen atoms in total. The van der Waals surface area contributed by atoms with Gasteiger partial charge in [-0.05, 0) is 32.3 Å². The van der Waals surface area contributed by atoms with Crippen LogP contribution in [0.1, 0.15) is 37.1 Å². The molecule has 1 aromatic carbocycles. The van der Waals surface area contributed by atoms with E-state index in [9.17, 15) is 0 Å². The minimum absolute atomic E-state index is 0.499. The van der Waals surface area contributed by atoms with Gasteiger partial charge in [0.1, 0.15) is 16.8 Å². The normalized spacial score (nSPS) is 15.4. The van der Waals surface area contributed by atoms with Crippen molar-refractivity contribution in [3.8, 4) is 11.1 Å². The molecule has 21 heavy (non-hydrogen) atoms. The summed E-state index contributed by atoms with van der Waals surface area (Å²) in [6.07, 6.45) is 4.98. The van der Waals surface area contributed by atoms with Gasteiger partial charge in [-0.2, -0.15) is 0 Å². The number of rotatable bonds is 3. The molecule has 3 rings (SSSR count). The van der Waals surface area contributed by atoms with Crippen LogP contribution >= 0.6 is 11.6 Å².